The van der Waals surface area contributed by atoms with Gasteiger partial charge in [-0.2, -0.15) is 4.98 Å². The molecular formula is C23H27N3O4. The number of amides is 1. The normalized spacial score (nSPS) is 11.7. The molecule has 0 saturated heterocycles. The number of hydrogen-bond donors (Lipinski definition) is 0. The van der Waals surface area contributed by atoms with Gasteiger partial charge >= 0.3 is 0 Å². The monoisotopic (exact) mass is 409 g/mol. The van der Waals surface area contributed by atoms with Crippen molar-refractivity contribution in [3.63, 3.8) is 0 Å². The van der Waals surface area contributed by atoms with Crippen LogP contribution in [-0.2, 0) is 11.2 Å². The van der Waals surface area contributed by atoms with Crippen LogP contribution >= 0.6 is 0 Å². The number of rotatable bonds is 9. The van der Waals surface area contributed by atoms with E-state index < -0.39 is 0 Å². The van der Waals surface area contributed by atoms with Gasteiger partial charge in [0.1, 0.15) is 11.5 Å². The summed E-state index contributed by atoms with van der Waals surface area (Å²) < 4.78 is 15.7. The smallest absolute Gasteiger partial charge is 0.226 e. The third kappa shape index (κ3) is 5.17. The fourth-order valence-corrected chi connectivity index (χ4v) is 3.10. The standard InChI is InChI=1S/C23H27N3O4/c1-16(17-8-12-19(28-3)13-9-17)26(2)22(27)7-5-6-21-24-23(25-30-21)18-10-14-20(29-4)15-11-18/h8-16H,5-7H2,1-4H3. The van der Waals surface area contributed by atoms with Gasteiger partial charge < -0.3 is 18.9 Å². The van der Waals surface area contributed by atoms with Crippen molar-refractivity contribution < 1.29 is 18.8 Å². The van der Waals surface area contributed by atoms with Gasteiger partial charge in [0.2, 0.25) is 17.6 Å². The summed E-state index contributed by atoms with van der Waals surface area (Å²) in [5.41, 5.74) is 1.92. The van der Waals surface area contributed by atoms with E-state index in [0.29, 0.717) is 31.0 Å². The van der Waals surface area contributed by atoms with Crippen LogP contribution in [0.3, 0.4) is 0 Å². The van der Waals surface area contributed by atoms with E-state index in [1.54, 1.807) is 19.1 Å². The molecule has 1 atom stereocenters. The second-order valence-corrected chi connectivity index (χ2v) is 7.05. The highest BCUT2D eigenvalue weighted by atomic mass is 16.5. The van der Waals surface area contributed by atoms with Gasteiger partial charge in [0, 0.05) is 25.5 Å². The number of aryl methyl sites for hydroxylation is 1. The van der Waals surface area contributed by atoms with Gasteiger partial charge in [-0.3, -0.25) is 4.79 Å². The molecule has 0 aliphatic carbocycles. The molecule has 0 spiro atoms. The van der Waals surface area contributed by atoms with Gasteiger partial charge in [0.25, 0.3) is 0 Å². The van der Waals surface area contributed by atoms with E-state index in [4.69, 9.17) is 14.0 Å². The summed E-state index contributed by atoms with van der Waals surface area (Å²) in [6.07, 6.45) is 1.61. The number of carbonyl (C=O) groups is 1. The largest absolute Gasteiger partial charge is 0.497 e. The predicted molar refractivity (Wildman–Crippen MR) is 113 cm³/mol. The van der Waals surface area contributed by atoms with Gasteiger partial charge in [0.05, 0.1) is 20.3 Å². The minimum atomic E-state index is -0.0199. The summed E-state index contributed by atoms with van der Waals surface area (Å²) in [6, 6.07) is 15.2. The van der Waals surface area contributed by atoms with E-state index in [1.165, 1.54) is 0 Å². The Hall–Kier alpha value is -3.35. The lowest BCUT2D eigenvalue weighted by molar-refractivity contribution is -0.131. The Morgan fingerprint density at radius 3 is 2.23 bits per heavy atom. The maximum atomic E-state index is 12.6. The Balaban J connectivity index is 1.50. The summed E-state index contributed by atoms with van der Waals surface area (Å²) >= 11 is 0. The summed E-state index contributed by atoms with van der Waals surface area (Å²) in [7, 11) is 5.08. The Morgan fingerprint density at radius 2 is 1.63 bits per heavy atom. The van der Waals surface area contributed by atoms with Crippen LogP contribution in [0.15, 0.2) is 53.1 Å². The Labute approximate surface area is 176 Å². The van der Waals surface area contributed by atoms with Crippen LogP contribution < -0.4 is 9.47 Å². The van der Waals surface area contributed by atoms with Crippen molar-refractivity contribution >= 4 is 5.91 Å². The fraction of sp³-hybridized carbons (Fsp3) is 0.348. The molecule has 2 aromatic carbocycles. The van der Waals surface area contributed by atoms with E-state index in [-0.39, 0.29) is 11.9 Å². The molecule has 0 saturated carbocycles. The lowest BCUT2D eigenvalue weighted by atomic mass is 10.1. The third-order valence-electron chi connectivity index (χ3n) is 5.17. The van der Waals surface area contributed by atoms with Crippen LogP contribution in [0.25, 0.3) is 11.4 Å². The van der Waals surface area contributed by atoms with Crippen molar-refractivity contribution in [1.82, 2.24) is 15.0 Å². The van der Waals surface area contributed by atoms with Crippen LogP contribution in [-0.4, -0.2) is 42.2 Å². The van der Waals surface area contributed by atoms with Crippen molar-refractivity contribution in [2.45, 2.75) is 32.2 Å². The van der Waals surface area contributed by atoms with Crippen LogP contribution in [0.5, 0.6) is 11.5 Å². The Morgan fingerprint density at radius 1 is 1.03 bits per heavy atom. The highest BCUT2D eigenvalue weighted by Crippen LogP contribution is 2.23. The van der Waals surface area contributed by atoms with E-state index >= 15 is 0 Å². The number of benzene rings is 2. The Bertz CT molecular complexity index is 951. The molecule has 1 aromatic heterocycles. The average Bonchev–Trinajstić information content (AvgIpc) is 3.27. The van der Waals surface area contributed by atoms with E-state index in [9.17, 15) is 4.79 Å². The second kappa shape index (κ2) is 9.91. The summed E-state index contributed by atoms with van der Waals surface area (Å²) in [6.45, 7) is 2.01. The average molecular weight is 409 g/mol. The molecule has 158 valence electrons. The van der Waals surface area contributed by atoms with Crippen molar-refractivity contribution in [3.8, 4) is 22.9 Å². The van der Waals surface area contributed by atoms with Crippen molar-refractivity contribution in [3.05, 3.63) is 60.0 Å². The fourth-order valence-electron chi connectivity index (χ4n) is 3.10. The van der Waals surface area contributed by atoms with Crippen LogP contribution in [0.2, 0.25) is 0 Å². The van der Waals surface area contributed by atoms with Gasteiger partial charge in [-0.25, -0.2) is 0 Å². The first-order valence-corrected chi connectivity index (χ1v) is 9.88. The van der Waals surface area contributed by atoms with Crippen molar-refractivity contribution in [2.24, 2.45) is 0 Å². The molecule has 7 nitrogen and oxygen atoms in total. The molecule has 3 rings (SSSR count). The molecule has 0 aliphatic heterocycles. The molecule has 0 bridgehead atoms. The number of methoxy groups -OCH3 is 2. The molecule has 0 radical (unpaired) electrons. The zero-order valence-corrected chi connectivity index (χ0v) is 17.8. The predicted octanol–water partition coefficient (Wildman–Crippen LogP) is 4.30. The molecule has 0 N–H and O–H groups in total. The third-order valence-corrected chi connectivity index (χ3v) is 5.17. The number of hydrogen-bond acceptors (Lipinski definition) is 6. The summed E-state index contributed by atoms with van der Waals surface area (Å²) in [4.78, 5) is 18.8. The summed E-state index contributed by atoms with van der Waals surface area (Å²) in [5.74, 6) is 2.71. The minimum Gasteiger partial charge on any atom is -0.497 e. The minimum absolute atomic E-state index is 0.0199. The zero-order valence-electron chi connectivity index (χ0n) is 17.8. The molecule has 0 fully saturated rings. The van der Waals surface area contributed by atoms with E-state index in [0.717, 1.165) is 22.6 Å². The topological polar surface area (TPSA) is 77.7 Å². The quantitative estimate of drug-likeness (QED) is 0.524. The summed E-state index contributed by atoms with van der Waals surface area (Å²) in [5, 5.41) is 4.02. The van der Waals surface area contributed by atoms with Gasteiger partial charge in [-0.05, 0) is 55.3 Å². The SMILES string of the molecule is COc1ccc(-c2noc(CCCC(=O)N(C)C(C)c3ccc(OC)cc3)n2)cc1. The molecule has 1 heterocycles. The zero-order chi connectivity index (χ0) is 21.5. The maximum Gasteiger partial charge on any atom is 0.226 e. The molecular weight excluding hydrogens is 382 g/mol. The first-order chi connectivity index (χ1) is 14.5. The highest BCUT2D eigenvalue weighted by molar-refractivity contribution is 5.76. The number of aromatic nitrogens is 2. The van der Waals surface area contributed by atoms with Crippen LogP contribution in [0, 0.1) is 0 Å². The van der Waals surface area contributed by atoms with Crippen LogP contribution in [0.1, 0.15) is 37.3 Å². The molecule has 0 aliphatic rings. The van der Waals surface area contributed by atoms with Gasteiger partial charge in [-0.15, -0.1) is 0 Å². The number of nitrogens with zero attached hydrogens (tertiary/aromatic N) is 3. The van der Waals surface area contributed by atoms with Crippen molar-refractivity contribution in [2.75, 3.05) is 21.3 Å². The lowest BCUT2D eigenvalue weighted by Gasteiger charge is -2.25. The highest BCUT2D eigenvalue weighted by Gasteiger charge is 2.18. The van der Waals surface area contributed by atoms with Crippen molar-refractivity contribution in [1.29, 1.82) is 0 Å². The first kappa shape index (κ1) is 21.4. The Kier molecular flexibility index (Phi) is 7.06. The first-order valence-electron chi connectivity index (χ1n) is 9.88. The lowest BCUT2D eigenvalue weighted by Crippen LogP contribution is -2.29. The molecule has 7 heteroatoms. The van der Waals surface area contributed by atoms with Gasteiger partial charge in [-0.1, -0.05) is 17.3 Å². The van der Waals surface area contributed by atoms with Gasteiger partial charge in [0.15, 0.2) is 0 Å². The molecule has 30 heavy (non-hydrogen) atoms. The molecule has 1 unspecified atom stereocenters. The number of ether oxygens (including phenoxy) is 2. The number of carbonyl (C=O) groups excluding carboxylic acids is 1. The van der Waals surface area contributed by atoms with E-state index in [2.05, 4.69) is 10.1 Å². The van der Waals surface area contributed by atoms with E-state index in [1.807, 2.05) is 62.5 Å². The maximum absolute atomic E-state index is 12.6. The second-order valence-electron chi connectivity index (χ2n) is 7.05. The molecule has 1 amide bonds. The molecule has 3 aromatic rings. The van der Waals surface area contributed by atoms with Crippen LogP contribution in [0.4, 0.5) is 0 Å².